The number of aryl methyl sites for hydroxylation is 2. The van der Waals surface area contributed by atoms with Crippen LogP contribution in [0.1, 0.15) is 16.8 Å². The van der Waals surface area contributed by atoms with Gasteiger partial charge in [-0.15, -0.1) is 5.10 Å². The second-order valence-electron chi connectivity index (χ2n) is 4.39. The SMILES string of the molecule is Cc1cc(CNCCc2cn(C)nn2)ccc1F. The molecule has 0 aliphatic rings. The minimum Gasteiger partial charge on any atom is -0.312 e. The van der Waals surface area contributed by atoms with Crippen LogP contribution in [0.2, 0.25) is 0 Å². The predicted octanol–water partition coefficient (Wildman–Crippen LogP) is 1.59. The third-order valence-electron chi connectivity index (χ3n) is 2.76. The van der Waals surface area contributed by atoms with Gasteiger partial charge in [0.15, 0.2) is 0 Å². The second-order valence-corrected chi connectivity index (χ2v) is 4.39. The van der Waals surface area contributed by atoms with Crippen molar-refractivity contribution in [3.63, 3.8) is 0 Å². The van der Waals surface area contributed by atoms with Crippen molar-refractivity contribution in [1.82, 2.24) is 20.3 Å². The van der Waals surface area contributed by atoms with E-state index in [-0.39, 0.29) is 5.82 Å². The summed E-state index contributed by atoms with van der Waals surface area (Å²) in [6, 6.07) is 5.18. The molecule has 0 bridgehead atoms. The average Bonchev–Trinajstić information content (AvgIpc) is 2.75. The molecule has 0 aliphatic carbocycles. The smallest absolute Gasteiger partial charge is 0.126 e. The van der Waals surface area contributed by atoms with Gasteiger partial charge in [-0.1, -0.05) is 17.3 Å². The van der Waals surface area contributed by atoms with Crippen molar-refractivity contribution in [2.45, 2.75) is 19.9 Å². The molecule has 0 fully saturated rings. The predicted molar refractivity (Wildman–Crippen MR) is 67.6 cm³/mol. The van der Waals surface area contributed by atoms with Crippen LogP contribution in [-0.2, 0) is 20.0 Å². The fraction of sp³-hybridized carbons (Fsp3) is 0.385. The van der Waals surface area contributed by atoms with Crippen molar-refractivity contribution in [3.05, 3.63) is 47.0 Å². The maximum Gasteiger partial charge on any atom is 0.126 e. The number of hydrogen-bond acceptors (Lipinski definition) is 3. The van der Waals surface area contributed by atoms with Crippen LogP contribution in [0.25, 0.3) is 0 Å². The fourth-order valence-corrected chi connectivity index (χ4v) is 1.78. The summed E-state index contributed by atoms with van der Waals surface area (Å²) in [6.45, 7) is 3.34. The lowest BCUT2D eigenvalue weighted by atomic mass is 10.1. The van der Waals surface area contributed by atoms with Crippen LogP contribution < -0.4 is 5.32 Å². The van der Waals surface area contributed by atoms with E-state index in [4.69, 9.17) is 0 Å². The maximum absolute atomic E-state index is 13.1. The minimum absolute atomic E-state index is 0.154. The molecule has 2 aromatic rings. The highest BCUT2D eigenvalue weighted by atomic mass is 19.1. The van der Waals surface area contributed by atoms with Gasteiger partial charge in [0.25, 0.3) is 0 Å². The summed E-state index contributed by atoms with van der Waals surface area (Å²) in [6.07, 6.45) is 2.75. The number of aromatic nitrogens is 3. The molecule has 1 N–H and O–H groups in total. The Hall–Kier alpha value is -1.75. The first kappa shape index (κ1) is 12.7. The van der Waals surface area contributed by atoms with Gasteiger partial charge in [-0.3, -0.25) is 4.68 Å². The monoisotopic (exact) mass is 248 g/mol. The van der Waals surface area contributed by atoms with Crippen molar-refractivity contribution in [3.8, 4) is 0 Å². The zero-order valence-electron chi connectivity index (χ0n) is 10.7. The van der Waals surface area contributed by atoms with Gasteiger partial charge in [-0.25, -0.2) is 4.39 Å². The number of hydrogen-bond donors (Lipinski definition) is 1. The van der Waals surface area contributed by atoms with E-state index in [0.29, 0.717) is 5.56 Å². The Labute approximate surface area is 106 Å². The Morgan fingerprint density at radius 3 is 2.89 bits per heavy atom. The lowest BCUT2D eigenvalue weighted by molar-refractivity contribution is 0.615. The summed E-state index contributed by atoms with van der Waals surface area (Å²) in [7, 11) is 1.85. The lowest BCUT2D eigenvalue weighted by Gasteiger charge is -2.05. The molecule has 96 valence electrons. The molecule has 18 heavy (non-hydrogen) atoms. The summed E-state index contributed by atoms with van der Waals surface area (Å²) in [4.78, 5) is 0. The van der Waals surface area contributed by atoms with E-state index in [2.05, 4.69) is 15.6 Å². The Morgan fingerprint density at radius 2 is 2.22 bits per heavy atom. The van der Waals surface area contributed by atoms with E-state index in [1.165, 1.54) is 6.07 Å². The van der Waals surface area contributed by atoms with Crippen LogP contribution in [-0.4, -0.2) is 21.5 Å². The third-order valence-corrected chi connectivity index (χ3v) is 2.76. The van der Waals surface area contributed by atoms with E-state index >= 15 is 0 Å². The van der Waals surface area contributed by atoms with Gasteiger partial charge >= 0.3 is 0 Å². The van der Waals surface area contributed by atoms with Gasteiger partial charge in [0.2, 0.25) is 0 Å². The number of nitrogens with one attached hydrogen (secondary N) is 1. The molecule has 5 heteroatoms. The van der Waals surface area contributed by atoms with Gasteiger partial charge in [0, 0.05) is 32.8 Å². The standard InChI is InChI=1S/C13H17FN4/c1-10-7-11(3-4-13(10)14)8-15-6-5-12-9-18(2)17-16-12/h3-4,7,9,15H,5-6,8H2,1-2H3. The third kappa shape index (κ3) is 3.37. The molecule has 2 rings (SSSR count). The average molecular weight is 248 g/mol. The van der Waals surface area contributed by atoms with Crippen molar-refractivity contribution < 1.29 is 4.39 Å². The molecular weight excluding hydrogens is 231 g/mol. The first-order valence-corrected chi connectivity index (χ1v) is 5.96. The Bertz CT molecular complexity index is 521. The van der Waals surface area contributed by atoms with Crippen molar-refractivity contribution >= 4 is 0 Å². The zero-order chi connectivity index (χ0) is 13.0. The zero-order valence-corrected chi connectivity index (χ0v) is 10.7. The normalized spacial score (nSPS) is 10.8. The van der Waals surface area contributed by atoms with Crippen LogP contribution in [0.15, 0.2) is 24.4 Å². The van der Waals surface area contributed by atoms with Crippen LogP contribution in [0.5, 0.6) is 0 Å². The number of halogens is 1. The van der Waals surface area contributed by atoms with E-state index < -0.39 is 0 Å². The van der Waals surface area contributed by atoms with E-state index in [1.54, 1.807) is 17.7 Å². The highest BCUT2D eigenvalue weighted by Gasteiger charge is 2.00. The first-order chi connectivity index (χ1) is 8.65. The van der Waals surface area contributed by atoms with E-state index in [1.807, 2.05) is 19.3 Å². The van der Waals surface area contributed by atoms with E-state index in [0.717, 1.165) is 30.8 Å². The van der Waals surface area contributed by atoms with Crippen molar-refractivity contribution in [2.24, 2.45) is 7.05 Å². The molecule has 0 spiro atoms. The van der Waals surface area contributed by atoms with E-state index in [9.17, 15) is 4.39 Å². The summed E-state index contributed by atoms with van der Waals surface area (Å²) in [5.41, 5.74) is 2.75. The molecule has 0 amide bonds. The Balaban J connectivity index is 1.76. The lowest BCUT2D eigenvalue weighted by Crippen LogP contribution is -2.17. The second kappa shape index (κ2) is 5.73. The topological polar surface area (TPSA) is 42.7 Å². The Morgan fingerprint density at radius 1 is 1.39 bits per heavy atom. The maximum atomic E-state index is 13.1. The highest BCUT2D eigenvalue weighted by Crippen LogP contribution is 2.08. The van der Waals surface area contributed by atoms with Gasteiger partial charge in [-0.2, -0.15) is 0 Å². The van der Waals surface area contributed by atoms with Gasteiger partial charge in [-0.05, 0) is 24.1 Å². The van der Waals surface area contributed by atoms with Crippen LogP contribution in [0, 0.1) is 12.7 Å². The Kier molecular flexibility index (Phi) is 4.04. The molecule has 0 atom stereocenters. The minimum atomic E-state index is -0.154. The summed E-state index contributed by atoms with van der Waals surface area (Å²) in [5.74, 6) is -0.154. The van der Waals surface area contributed by atoms with Crippen molar-refractivity contribution in [2.75, 3.05) is 6.54 Å². The molecule has 0 aliphatic heterocycles. The van der Waals surface area contributed by atoms with Crippen LogP contribution in [0.4, 0.5) is 4.39 Å². The molecule has 1 aromatic heterocycles. The molecule has 0 unspecified atom stereocenters. The van der Waals surface area contributed by atoms with Gasteiger partial charge < -0.3 is 5.32 Å². The number of benzene rings is 1. The first-order valence-electron chi connectivity index (χ1n) is 5.96. The highest BCUT2D eigenvalue weighted by molar-refractivity contribution is 5.23. The summed E-state index contributed by atoms with van der Waals surface area (Å²) >= 11 is 0. The molecule has 0 saturated carbocycles. The number of nitrogens with zero attached hydrogens (tertiary/aromatic N) is 3. The molecule has 0 saturated heterocycles. The molecule has 4 nitrogen and oxygen atoms in total. The molecular formula is C13H17FN4. The van der Waals surface area contributed by atoms with Crippen LogP contribution in [0.3, 0.4) is 0 Å². The molecule has 0 radical (unpaired) electrons. The summed E-state index contributed by atoms with van der Waals surface area (Å²) in [5, 5.41) is 11.2. The molecule has 1 aromatic carbocycles. The van der Waals surface area contributed by atoms with Gasteiger partial charge in [0.05, 0.1) is 5.69 Å². The fourth-order valence-electron chi connectivity index (χ4n) is 1.78. The number of rotatable bonds is 5. The van der Waals surface area contributed by atoms with Crippen LogP contribution >= 0.6 is 0 Å². The van der Waals surface area contributed by atoms with Gasteiger partial charge in [0.1, 0.15) is 5.82 Å². The molecule has 1 heterocycles. The largest absolute Gasteiger partial charge is 0.312 e. The summed E-state index contributed by atoms with van der Waals surface area (Å²) < 4.78 is 14.8. The quantitative estimate of drug-likeness (QED) is 0.817. The van der Waals surface area contributed by atoms with Crippen molar-refractivity contribution in [1.29, 1.82) is 0 Å².